The first-order chi connectivity index (χ1) is 17.4. The van der Waals surface area contributed by atoms with E-state index in [0.29, 0.717) is 36.2 Å². The van der Waals surface area contributed by atoms with Crippen LogP contribution in [0.3, 0.4) is 0 Å². The zero-order chi connectivity index (χ0) is 28.7. The number of anilines is 1. The van der Waals surface area contributed by atoms with Gasteiger partial charge in [0.25, 0.3) is 5.91 Å². The summed E-state index contributed by atoms with van der Waals surface area (Å²) in [5.74, 6) is -0.581. The number of halogens is 4. The number of nitrogens with zero attached hydrogens (tertiary/aromatic N) is 3. The third-order valence-electron chi connectivity index (χ3n) is 6.97. The second kappa shape index (κ2) is 10.6. The van der Waals surface area contributed by atoms with Crippen molar-refractivity contribution >= 4 is 33.2 Å². The first kappa shape index (κ1) is 30.2. The molecule has 0 spiro atoms. The number of aliphatic hydroxyl groups is 1. The predicted octanol–water partition coefficient (Wildman–Crippen LogP) is 4.13. The summed E-state index contributed by atoms with van der Waals surface area (Å²) in [4.78, 5) is 17.1. The van der Waals surface area contributed by atoms with Gasteiger partial charge in [0, 0.05) is 31.1 Å². The Labute approximate surface area is 225 Å². The highest BCUT2D eigenvalue weighted by molar-refractivity contribution is 7.91. The van der Waals surface area contributed by atoms with Crippen LogP contribution in [0.1, 0.15) is 62.5 Å². The Morgan fingerprint density at radius 1 is 1.29 bits per heavy atom. The SMILES string of the molecule is CCn1nc(C(=O)NCC2(O)CCC(S(C)(=O)=O)CC2)c(Cl)c1-c1cnc(NC(C)(C)C(F)(F)F)cc1C. The standard InChI is InChI=1S/C24H33ClF3N5O4S/c1-6-33-20(16-12-29-17(11-14(16)2)31-22(3,4)24(26,27)28)18(25)19(32-33)21(34)30-13-23(35)9-7-15(8-10-23)38(5,36)37/h11-12,15,35H,6-10,13H2,1-5H3,(H,29,31)(H,30,34). The number of alkyl halides is 3. The summed E-state index contributed by atoms with van der Waals surface area (Å²) in [6.07, 6.45) is -0.876. The molecular weight excluding hydrogens is 547 g/mol. The molecule has 0 radical (unpaired) electrons. The monoisotopic (exact) mass is 579 g/mol. The molecule has 0 aliphatic heterocycles. The third kappa shape index (κ3) is 6.42. The van der Waals surface area contributed by atoms with E-state index in [4.69, 9.17) is 11.6 Å². The van der Waals surface area contributed by atoms with Crippen molar-refractivity contribution in [3.8, 4) is 11.3 Å². The minimum absolute atomic E-state index is 0.0315. The smallest absolute Gasteiger partial charge is 0.388 e. The third-order valence-corrected chi connectivity index (χ3v) is 9.01. The summed E-state index contributed by atoms with van der Waals surface area (Å²) in [5, 5.41) is 19.7. The number of nitrogens with one attached hydrogen (secondary N) is 2. The van der Waals surface area contributed by atoms with E-state index in [9.17, 15) is 31.5 Å². The molecule has 1 saturated carbocycles. The van der Waals surface area contributed by atoms with Gasteiger partial charge < -0.3 is 15.7 Å². The highest BCUT2D eigenvalue weighted by Crippen LogP contribution is 2.36. The molecular formula is C24H33ClF3N5O4S. The highest BCUT2D eigenvalue weighted by atomic mass is 35.5. The van der Waals surface area contributed by atoms with Crippen LogP contribution in [0.2, 0.25) is 5.02 Å². The summed E-state index contributed by atoms with van der Waals surface area (Å²) >= 11 is 6.58. The van der Waals surface area contributed by atoms with Crippen molar-refractivity contribution < 1.29 is 31.5 Å². The molecule has 1 fully saturated rings. The van der Waals surface area contributed by atoms with Crippen LogP contribution >= 0.6 is 11.6 Å². The molecule has 0 saturated heterocycles. The van der Waals surface area contributed by atoms with E-state index in [0.717, 1.165) is 13.8 Å². The lowest BCUT2D eigenvalue weighted by atomic mass is 9.84. The lowest BCUT2D eigenvalue weighted by Gasteiger charge is -2.35. The van der Waals surface area contributed by atoms with Gasteiger partial charge in [-0.1, -0.05) is 11.6 Å². The Kier molecular flexibility index (Phi) is 8.45. The lowest BCUT2D eigenvalue weighted by Crippen LogP contribution is -2.47. The fourth-order valence-electron chi connectivity index (χ4n) is 4.40. The average molecular weight is 580 g/mol. The number of aromatic nitrogens is 3. The number of amides is 1. The Bertz CT molecular complexity index is 1300. The van der Waals surface area contributed by atoms with Gasteiger partial charge in [0.1, 0.15) is 21.2 Å². The number of carbonyl (C=O) groups excluding carboxylic acids is 1. The quantitative estimate of drug-likeness (QED) is 0.429. The minimum atomic E-state index is -4.49. The zero-order valence-electron chi connectivity index (χ0n) is 21.9. The molecule has 0 unspecified atom stereocenters. The molecule has 0 aromatic carbocycles. The number of pyridine rings is 1. The molecule has 9 nitrogen and oxygen atoms in total. The summed E-state index contributed by atoms with van der Waals surface area (Å²) < 4.78 is 64.9. The normalized spacial score (nSPS) is 20.8. The maximum absolute atomic E-state index is 13.3. The van der Waals surface area contributed by atoms with Gasteiger partial charge >= 0.3 is 6.18 Å². The number of hydrogen-bond donors (Lipinski definition) is 3. The van der Waals surface area contributed by atoms with E-state index < -0.39 is 38.3 Å². The lowest BCUT2D eigenvalue weighted by molar-refractivity contribution is -0.168. The summed E-state index contributed by atoms with van der Waals surface area (Å²) in [6, 6.07) is 1.47. The molecule has 1 aliphatic rings. The Hall–Kier alpha value is -2.38. The topological polar surface area (TPSA) is 126 Å². The largest absolute Gasteiger partial charge is 0.410 e. The van der Waals surface area contributed by atoms with Crippen molar-refractivity contribution in [2.24, 2.45) is 0 Å². The fraction of sp³-hybridized carbons (Fsp3) is 0.625. The van der Waals surface area contributed by atoms with Crippen molar-refractivity contribution in [2.45, 2.75) is 82.5 Å². The van der Waals surface area contributed by atoms with Gasteiger partial charge in [0.15, 0.2) is 5.69 Å². The average Bonchev–Trinajstić information content (AvgIpc) is 3.12. The van der Waals surface area contributed by atoms with Crippen LogP contribution < -0.4 is 10.6 Å². The molecule has 2 aromatic heterocycles. The number of sulfone groups is 1. The molecule has 38 heavy (non-hydrogen) atoms. The van der Waals surface area contributed by atoms with Crippen molar-refractivity contribution in [1.82, 2.24) is 20.1 Å². The van der Waals surface area contributed by atoms with E-state index in [-0.39, 0.29) is 35.9 Å². The van der Waals surface area contributed by atoms with Gasteiger partial charge in [-0.25, -0.2) is 13.4 Å². The second-order valence-electron chi connectivity index (χ2n) is 10.4. The minimum Gasteiger partial charge on any atom is -0.388 e. The first-order valence-corrected chi connectivity index (χ1v) is 14.5. The molecule has 212 valence electrons. The number of rotatable bonds is 8. The van der Waals surface area contributed by atoms with Gasteiger partial charge in [0.05, 0.1) is 21.6 Å². The van der Waals surface area contributed by atoms with Crippen LogP contribution in [-0.4, -0.2) is 69.6 Å². The van der Waals surface area contributed by atoms with Crippen LogP contribution in [-0.2, 0) is 16.4 Å². The highest BCUT2D eigenvalue weighted by Gasteiger charge is 2.47. The summed E-state index contributed by atoms with van der Waals surface area (Å²) in [7, 11) is -3.20. The van der Waals surface area contributed by atoms with E-state index in [1.165, 1.54) is 23.2 Å². The predicted molar refractivity (Wildman–Crippen MR) is 139 cm³/mol. The fourth-order valence-corrected chi connectivity index (χ4v) is 5.81. The Morgan fingerprint density at radius 3 is 2.39 bits per heavy atom. The number of aryl methyl sites for hydroxylation is 2. The van der Waals surface area contributed by atoms with E-state index in [1.54, 1.807) is 13.8 Å². The maximum Gasteiger partial charge on any atom is 0.410 e. The maximum atomic E-state index is 13.3. The van der Waals surface area contributed by atoms with E-state index >= 15 is 0 Å². The van der Waals surface area contributed by atoms with Crippen molar-refractivity contribution in [3.05, 3.63) is 28.5 Å². The molecule has 2 heterocycles. The first-order valence-electron chi connectivity index (χ1n) is 12.2. The van der Waals surface area contributed by atoms with Crippen LogP contribution in [0.4, 0.5) is 19.0 Å². The molecule has 1 amide bonds. The van der Waals surface area contributed by atoms with Crippen LogP contribution in [0.15, 0.2) is 12.3 Å². The summed E-state index contributed by atoms with van der Waals surface area (Å²) in [5.41, 5.74) is -2.06. The molecule has 3 N–H and O–H groups in total. The van der Waals surface area contributed by atoms with Crippen molar-refractivity contribution in [1.29, 1.82) is 0 Å². The van der Waals surface area contributed by atoms with Gasteiger partial charge in [0.2, 0.25) is 0 Å². The van der Waals surface area contributed by atoms with Crippen LogP contribution in [0.5, 0.6) is 0 Å². The van der Waals surface area contributed by atoms with E-state index in [1.807, 2.05) is 0 Å². The summed E-state index contributed by atoms with van der Waals surface area (Å²) in [6.45, 7) is 5.76. The number of carbonyl (C=O) groups is 1. The molecule has 1 aliphatic carbocycles. The molecule has 2 aromatic rings. The van der Waals surface area contributed by atoms with Crippen molar-refractivity contribution in [2.75, 3.05) is 18.1 Å². The van der Waals surface area contributed by atoms with Gasteiger partial charge in [-0.3, -0.25) is 9.48 Å². The Morgan fingerprint density at radius 2 is 1.89 bits per heavy atom. The van der Waals surface area contributed by atoms with Gasteiger partial charge in [-0.2, -0.15) is 18.3 Å². The molecule has 3 rings (SSSR count). The van der Waals surface area contributed by atoms with E-state index in [2.05, 4.69) is 20.7 Å². The number of hydrogen-bond acceptors (Lipinski definition) is 7. The second-order valence-corrected chi connectivity index (χ2v) is 13.1. The molecule has 0 atom stereocenters. The van der Waals surface area contributed by atoms with Crippen LogP contribution in [0.25, 0.3) is 11.3 Å². The molecule has 14 heteroatoms. The van der Waals surface area contributed by atoms with Gasteiger partial charge in [-0.05, 0) is 65.0 Å². The zero-order valence-corrected chi connectivity index (χ0v) is 23.5. The van der Waals surface area contributed by atoms with Crippen LogP contribution in [0, 0.1) is 6.92 Å². The van der Waals surface area contributed by atoms with Crippen molar-refractivity contribution in [3.63, 3.8) is 0 Å². The van der Waals surface area contributed by atoms with Gasteiger partial charge in [-0.15, -0.1) is 0 Å². The Balaban J connectivity index is 1.79. The molecule has 0 bridgehead atoms.